The summed E-state index contributed by atoms with van der Waals surface area (Å²) < 4.78 is 99.7. The second-order valence-corrected chi connectivity index (χ2v) is 17.4. The van der Waals surface area contributed by atoms with E-state index >= 15 is 0 Å². The SMILES string of the molecule is COc1cc(SC#COOS(=O)(=O)O)c(C)cc1N=Nc1c(SOOO)cc2c(N=Nc3ccc(S(=O)(=O)CCN(C)C)cc3S(O)(O)O)c(N)ccc2c1O. The van der Waals surface area contributed by atoms with Crippen molar-refractivity contribution in [3.8, 4) is 22.9 Å². The van der Waals surface area contributed by atoms with Crippen LogP contribution in [0.1, 0.15) is 5.56 Å². The highest BCUT2D eigenvalue weighted by atomic mass is 32.3. The average molecular weight is 877 g/mol. The van der Waals surface area contributed by atoms with E-state index in [-0.39, 0.29) is 67.0 Å². The van der Waals surface area contributed by atoms with Gasteiger partial charge in [-0.1, -0.05) is 5.04 Å². The first-order valence-electron chi connectivity index (χ1n) is 15.0. The summed E-state index contributed by atoms with van der Waals surface area (Å²) in [6.07, 6.45) is 1.93. The van der Waals surface area contributed by atoms with Crippen molar-refractivity contribution in [3.05, 3.63) is 54.1 Å². The molecule has 0 aliphatic carbocycles. The van der Waals surface area contributed by atoms with Gasteiger partial charge < -0.3 is 34.1 Å². The van der Waals surface area contributed by atoms with Crippen molar-refractivity contribution in [2.24, 2.45) is 20.5 Å². The molecule has 8 N–H and O–H groups in total. The number of benzene rings is 4. The lowest BCUT2D eigenvalue weighted by atomic mass is 10.1. The zero-order valence-electron chi connectivity index (χ0n) is 29.2. The molecule has 0 aliphatic heterocycles. The maximum atomic E-state index is 12.9. The summed E-state index contributed by atoms with van der Waals surface area (Å²) in [6, 6.07) is 10.5. The number of nitrogen functional groups attached to an aromatic ring is 1. The summed E-state index contributed by atoms with van der Waals surface area (Å²) in [4.78, 5) is 5.36. The number of sulfone groups is 1. The van der Waals surface area contributed by atoms with Crippen molar-refractivity contribution >= 4 is 94.1 Å². The Hall–Kier alpha value is -4.31. The molecule has 302 valence electrons. The smallest absolute Gasteiger partial charge is 0.433 e. The second kappa shape index (κ2) is 18.8. The minimum absolute atomic E-state index is 0.00221. The van der Waals surface area contributed by atoms with Crippen molar-refractivity contribution < 1.29 is 68.7 Å². The molecule has 0 saturated heterocycles. The maximum Gasteiger partial charge on any atom is 0.433 e. The van der Waals surface area contributed by atoms with Gasteiger partial charge in [-0.25, -0.2) is 13.7 Å². The van der Waals surface area contributed by atoms with E-state index in [0.29, 0.717) is 22.5 Å². The summed E-state index contributed by atoms with van der Waals surface area (Å²) in [5.41, 5.74) is 6.46. The Morgan fingerprint density at radius 3 is 2.21 bits per heavy atom. The fraction of sp³-hybridized carbons (Fsp3) is 0.200. The summed E-state index contributed by atoms with van der Waals surface area (Å²) in [6.45, 7) is 1.87. The molecule has 26 heteroatoms. The van der Waals surface area contributed by atoms with Gasteiger partial charge in [0.1, 0.15) is 39.4 Å². The van der Waals surface area contributed by atoms with Crippen molar-refractivity contribution in [2.75, 3.05) is 39.2 Å². The quantitative estimate of drug-likeness (QED) is 0.00843. The molecule has 0 unspecified atom stereocenters. The van der Waals surface area contributed by atoms with Gasteiger partial charge in [0.05, 0.1) is 45.3 Å². The van der Waals surface area contributed by atoms with E-state index in [1.165, 1.54) is 37.4 Å². The molecule has 4 rings (SSSR count). The van der Waals surface area contributed by atoms with E-state index in [2.05, 4.69) is 44.3 Å². The van der Waals surface area contributed by atoms with Gasteiger partial charge in [-0.05, 0) is 91.2 Å². The summed E-state index contributed by atoms with van der Waals surface area (Å²) in [5.74, 6) is -0.577. The fourth-order valence-corrected chi connectivity index (χ4v) is 7.86. The van der Waals surface area contributed by atoms with Crippen molar-refractivity contribution in [1.29, 1.82) is 0 Å². The number of anilines is 1. The molecule has 0 spiro atoms. The molecular weight excluding hydrogens is 845 g/mol. The standard InChI is InChI=1S/C30H32N6O15S5/c1-17-13-23(24(47-4)16-25(17)52-11-10-48-51-56(44,45)46)33-35-29-26(53-50-49-38)15-20-19(30(29)37)6-7-21(31)28(20)34-32-22-8-5-18(14-27(22)55(41,42)43)54(39,40)12-9-36(2)3/h5-8,13-16,37-38,41-43H,9,12,31H2,1-4H3,(H,44,45,46). The van der Waals surface area contributed by atoms with Crippen LogP contribution in [0, 0.1) is 18.3 Å². The van der Waals surface area contributed by atoms with Gasteiger partial charge in [0.2, 0.25) is 0 Å². The van der Waals surface area contributed by atoms with Crippen LogP contribution in [0.3, 0.4) is 0 Å². The Labute approximate surface area is 329 Å². The van der Waals surface area contributed by atoms with Gasteiger partial charge in [-0.2, -0.15) is 8.42 Å². The Balaban J connectivity index is 1.76. The van der Waals surface area contributed by atoms with Crippen molar-refractivity contribution in [2.45, 2.75) is 26.5 Å². The van der Waals surface area contributed by atoms with E-state index in [4.69, 9.17) is 20.3 Å². The number of nitrogens with zero attached hydrogens (tertiary/aromatic N) is 5. The number of aromatic hydroxyl groups is 1. The van der Waals surface area contributed by atoms with Crippen LogP contribution in [0.25, 0.3) is 10.8 Å². The first-order chi connectivity index (χ1) is 26.3. The van der Waals surface area contributed by atoms with Crippen LogP contribution in [0.15, 0.2) is 88.6 Å². The van der Waals surface area contributed by atoms with Gasteiger partial charge in [-0.15, -0.1) is 24.8 Å². The monoisotopic (exact) mass is 876 g/mol. The number of nitrogens with two attached hydrogens (primary N) is 1. The Morgan fingerprint density at radius 1 is 0.875 bits per heavy atom. The number of rotatable bonds is 16. The molecule has 0 radical (unpaired) electrons. The molecule has 0 atom stereocenters. The molecule has 0 aromatic heterocycles. The molecule has 0 heterocycles. The van der Waals surface area contributed by atoms with E-state index < -0.39 is 41.8 Å². The molecule has 0 saturated carbocycles. The van der Waals surface area contributed by atoms with Crippen LogP contribution in [-0.4, -0.2) is 83.8 Å². The van der Waals surface area contributed by atoms with Crippen LogP contribution < -0.4 is 10.5 Å². The molecule has 0 amide bonds. The third-order valence-corrected chi connectivity index (χ3v) is 11.5. The first kappa shape index (κ1) is 44.4. The number of thioether (sulfide) groups is 1. The minimum atomic E-state index is -4.85. The highest BCUT2D eigenvalue weighted by molar-refractivity contribution is 8.19. The first-order valence-corrected chi connectivity index (χ1v) is 21.1. The molecule has 4 aromatic rings. The lowest BCUT2D eigenvalue weighted by Gasteiger charge is -2.21. The number of azo groups is 2. The lowest BCUT2D eigenvalue weighted by molar-refractivity contribution is -0.432. The normalized spacial score (nSPS) is 12.8. The van der Waals surface area contributed by atoms with Crippen LogP contribution in [0.4, 0.5) is 28.4 Å². The molecule has 0 aliphatic rings. The summed E-state index contributed by atoms with van der Waals surface area (Å²) >= 11 is 1.30. The zero-order valence-corrected chi connectivity index (χ0v) is 33.3. The van der Waals surface area contributed by atoms with Gasteiger partial charge in [-0.3, -0.25) is 9.44 Å². The number of aryl methyl sites for hydroxylation is 1. The van der Waals surface area contributed by atoms with Crippen molar-refractivity contribution in [3.63, 3.8) is 0 Å². The highest BCUT2D eigenvalue weighted by Gasteiger charge is 2.25. The minimum Gasteiger partial charge on any atom is -0.505 e. The number of ether oxygens (including phenoxy) is 1. The van der Waals surface area contributed by atoms with Crippen LogP contribution in [0.5, 0.6) is 11.5 Å². The fourth-order valence-electron chi connectivity index (χ4n) is 4.52. The van der Waals surface area contributed by atoms with Crippen LogP contribution in [-0.2, 0) is 38.8 Å². The van der Waals surface area contributed by atoms with Crippen LogP contribution in [0.2, 0.25) is 0 Å². The predicted molar refractivity (Wildman–Crippen MR) is 205 cm³/mol. The van der Waals surface area contributed by atoms with E-state index in [1.54, 1.807) is 32.0 Å². The van der Waals surface area contributed by atoms with Gasteiger partial charge in [0.15, 0.2) is 21.7 Å². The van der Waals surface area contributed by atoms with Gasteiger partial charge >= 0.3 is 10.4 Å². The molecule has 0 bridgehead atoms. The topological polar surface area (TPSA) is 315 Å². The second-order valence-electron chi connectivity index (χ2n) is 11.2. The maximum absolute atomic E-state index is 12.9. The number of hydrogen-bond acceptors (Lipinski definition) is 22. The number of fused-ring (bicyclic) bond motifs is 1. The number of hydrogen-bond donors (Lipinski definition) is 7. The molecule has 21 nitrogen and oxygen atoms in total. The van der Waals surface area contributed by atoms with Crippen LogP contribution >= 0.6 is 34.7 Å². The molecule has 0 fully saturated rings. The molecule has 4 aromatic carbocycles. The number of methoxy groups -OCH3 is 1. The Bertz CT molecular complexity index is 2450. The zero-order chi connectivity index (χ0) is 41.4. The van der Waals surface area contributed by atoms with Crippen molar-refractivity contribution in [1.82, 2.24) is 4.90 Å². The average Bonchev–Trinajstić information content (AvgIpc) is 3.12. The van der Waals surface area contributed by atoms with E-state index in [9.17, 15) is 35.6 Å². The predicted octanol–water partition coefficient (Wildman–Crippen LogP) is 7.38. The third kappa shape index (κ3) is 11.6. The summed E-state index contributed by atoms with van der Waals surface area (Å²) in [7, 11) is -8.55. The highest BCUT2D eigenvalue weighted by Crippen LogP contribution is 2.51. The van der Waals surface area contributed by atoms with E-state index in [1.807, 2.05) is 6.11 Å². The van der Waals surface area contributed by atoms with E-state index in [0.717, 1.165) is 23.9 Å². The number of phenols is 1. The number of phenolic OH excluding ortho intramolecular Hbond substituents is 1. The van der Waals surface area contributed by atoms with Gasteiger partial charge in [0, 0.05) is 27.5 Å². The molecular formula is C30H32N6O15S5. The van der Waals surface area contributed by atoms with Gasteiger partial charge in [0.25, 0.3) is 0 Å². The molecule has 56 heavy (non-hydrogen) atoms. The Kier molecular flexibility index (Phi) is 14.9. The third-order valence-electron chi connectivity index (χ3n) is 7.14. The lowest BCUT2D eigenvalue weighted by Crippen LogP contribution is -2.22. The summed E-state index contributed by atoms with van der Waals surface area (Å²) in [5, 5.41) is 43.3. The Morgan fingerprint density at radius 2 is 1.57 bits per heavy atom. The largest absolute Gasteiger partial charge is 0.505 e.